The number of aliphatic imine (C=N–C) groups is 1. The zero-order valence-electron chi connectivity index (χ0n) is 8.43. The fraction of sp³-hybridized carbons (Fsp3) is 0.700. The molecule has 13 heavy (non-hydrogen) atoms. The van der Waals surface area contributed by atoms with E-state index in [9.17, 15) is 0 Å². The molecule has 0 saturated heterocycles. The lowest BCUT2D eigenvalue weighted by Crippen LogP contribution is -2.01. The van der Waals surface area contributed by atoms with Gasteiger partial charge in [0.2, 0.25) is 0 Å². The molecule has 0 spiro atoms. The number of hydrogen-bond acceptors (Lipinski definition) is 1. The lowest BCUT2D eigenvalue weighted by atomic mass is 10.1. The summed E-state index contributed by atoms with van der Waals surface area (Å²) in [6.45, 7) is 4.47. The van der Waals surface area contributed by atoms with E-state index in [1.165, 1.54) is 6.42 Å². The zero-order chi connectivity index (χ0) is 10.3. The summed E-state index contributed by atoms with van der Waals surface area (Å²) in [5.74, 6) is 0.751. The first-order chi connectivity index (χ1) is 6.06. The van der Waals surface area contributed by atoms with Crippen molar-refractivity contribution < 1.29 is 0 Å². The molecule has 0 saturated carbocycles. The van der Waals surface area contributed by atoms with E-state index in [4.69, 9.17) is 0 Å². The fourth-order valence-corrected chi connectivity index (χ4v) is 2.15. The highest BCUT2D eigenvalue weighted by Gasteiger charge is 2.03. The molecule has 0 amide bonds. The SMILES string of the molecule is C/N=C(Br)\C=C/CC(Br)CC(C)C. The molecule has 1 unspecified atom stereocenters. The molecule has 0 aliphatic heterocycles. The van der Waals surface area contributed by atoms with Crippen LogP contribution >= 0.6 is 31.9 Å². The van der Waals surface area contributed by atoms with Gasteiger partial charge in [0.1, 0.15) is 0 Å². The molecule has 0 N–H and O–H groups in total. The van der Waals surface area contributed by atoms with E-state index in [2.05, 4.69) is 56.8 Å². The van der Waals surface area contributed by atoms with E-state index < -0.39 is 0 Å². The molecular formula is C10H17Br2N. The van der Waals surface area contributed by atoms with Crippen LogP contribution in [0, 0.1) is 5.92 Å². The van der Waals surface area contributed by atoms with Crippen LogP contribution in [0.2, 0.25) is 0 Å². The largest absolute Gasteiger partial charge is 0.281 e. The third kappa shape index (κ3) is 8.69. The molecule has 1 nitrogen and oxygen atoms in total. The Kier molecular flexibility index (Phi) is 7.96. The van der Waals surface area contributed by atoms with Crippen LogP contribution in [0.3, 0.4) is 0 Å². The summed E-state index contributed by atoms with van der Waals surface area (Å²) in [5, 5.41) is 0. The quantitative estimate of drug-likeness (QED) is 0.534. The Hall–Kier alpha value is 0.370. The highest BCUT2D eigenvalue weighted by atomic mass is 79.9. The standard InChI is InChI=1S/C10H17Br2N/c1-8(2)7-9(11)5-4-6-10(12)13-3/h4,6,8-9H,5,7H2,1-3H3/b6-4-,13-10+. The summed E-state index contributed by atoms with van der Waals surface area (Å²) in [5.41, 5.74) is 0. The maximum atomic E-state index is 3.98. The number of halogens is 2. The van der Waals surface area contributed by atoms with E-state index >= 15 is 0 Å². The summed E-state index contributed by atoms with van der Waals surface area (Å²) in [4.78, 5) is 4.56. The predicted octanol–water partition coefficient (Wildman–Crippen LogP) is 4.17. The Morgan fingerprint density at radius 2 is 2.08 bits per heavy atom. The van der Waals surface area contributed by atoms with Crippen molar-refractivity contribution in [1.29, 1.82) is 0 Å². The Morgan fingerprint density at radius 3 is 2.54 bits per heavy atom. The van der Waals surface area contributed by atoms with Gasteiger partial charge in [0.05, 0.1) is 4.62 Å². The minimum Gasteiger partial charge on any atom is -0.281 e. The average molecular weight is 311 g/mol. The van der Waals surface area contributed by atoms with Crippen LogP contribution in [-0.2, 0) is 0 Å². The summed E-state index contributed by atoms with van der Waals surface area (Å²) in [6, 6.07) is 0. The Labute approximate surface area is 98.0 Å². The maximum Gasteiger partial charge on any atom is 0.0994 e. The van der Waals surface area contributed by atoms with Crippen molar-refractivity contribution in [1.82, 2.24) is 0 Å². The van der Waals surface area contributed by atoms with E-state index in [0.29, 0.717) is 4.83 Å². The number of allylic oxidation sites excluding steroid dienone is 2. The maximum absolute atomic E-state index is 3.98. The van der Waals surface area contributed by atoms with Crippen molar-refractivity contribution in [3.05, 3.63) is 12.2 Å². The van der Waals surface area contributed by atoms with Crippen molar-refractivity contribution >= 4 is 36.5 Å². The lowest BCUT2D eigenvalue weighted by Gasteiger charge is -2.08. The van der Waals surface area contributed by atoms with Gasteiger partial charge in [-0.1, -0.05) is 35.9 Å². The molecule has 0 aromatic carbocycles. The summed E-state index contributed by atoms with van der Waals surface area (Å²) < 4.78 is 0.900. The van der Waals surface area contributed by atoms with Gasteiger partial charge >= 0.3 is 0 Å². The first-order valence-corrected chi connectivity index (χ1v) is 6.20. The van der Waals surface area contributed by atoms with Crippen LogP contribution in [0.15, 0.2) is 17.1 Å². The van der Waals surface area contributed by atoms with E-state index in [0.717, 1.165) is 17.0 Å². The van der Waals surface area contributed by atoms with Gasteiger partial charge < -0.3 is 0 Å². The van der Waals surface area contributed by atoms with Gasteiger partial charge in [-0.15, -0.1) is 0 Å². The van der Waals surface area contributed by atoms with Crippen LogP contribution in [0.5, 0.6) is 0 Å². The Morgan fingerprint density at radius 1 is 1.46 bits per heavy atom. The summed E-state index contributed by atoms with van der Waals surface area (Å²) >= 11 is 6.97. The van der Waals surface area contributed by atoms with Gasteiger partial charge in [0.25, 0.3) is 0 Å². The molecule has 0 aliphatic carbocycles. The zero-order valence-corrected chi connectivity index (χ0v) is 11.6. The van der Waals surface area contributed by atoms with Crippen molar-refractivity contribution in [3.63, 3.8) is 0 Å². The monoisotopic (exact) mass is 309 g/mol. The number of hydrogen-bond donors (Lipinski definition) is 0. The van der Waals surface area contributed by atoms with Crippen molar-refractivity contribution in [3.8, 4) is 0 Å². The number of nitrogens with zero attached hydrogens (tertiary/aromatic N) is 1. The van der Waals surface area contributed by atoms with Crippen LogP contribution < -0.4 is 0 Å². The number of rotatable bonds is 5. The lowest BCUT2D eigenvalue weighted by molar-refractivity contribution is 0.575. The normalized spacial score (nSPS) is 15.7. The average Bonchev–Trinajstić information content (AvgIpc) is 2.02. The Balaban J connectivity index is 3.69. The van der Waals surface area contributed by atoms with E-state index in [1.807, 2.05) is 6.08 Å². The van der Waals surface area contributed by atoms with Crippen molar-refractivity contribution in [2.24, 2.45) is 10.9 Å². The third-order valence-electron chi connectivity index (χ3n) is 1.59. The highest BCUT2D eigenvalue weighted by Crippen LogP contribution is 2.16. The molecule has 3 heteroatoms. The second-order valence-corrected chi connectivity index (χ2v) is 5.52. The molecule has 0 aromatic heterocycles. The van der Waals surface area contributed by atoms with Crippen LogP contribution in [-0.4, -0.2) is 16.5 Å². The van der Waals surface area contributed by atoms with E-state index in [-0.39, 0.29) is 0 Å². The topological polar surface area (TPSA) is 12.4 Å². The molecule has 0 radical (unpaired) electrons. The van der Waals surface area contributed by atoms with Gasteiger partial charge in [0, 0.05) is 11.9 Å². The van der Waals surface area contributed by atoms with Crippen molar-refractivity contribution in [2.75, 3.05) is 7.05 Å². The van der Waals surface area contributed by atoms with Crippen LogP contribution in [0.25, 0.3) is 0 Å². The highest BCUT2D eigenvalue weighted by molar-refractivity contribution is 9.18. The second-order valence-electron chi connectivity index (χ2n) is 3.41. The predicted molar refractivity (Wildman–Crippen MR) is 68.2 cm³/mol. The van der Waals surface area contributed by atoms with Gasteiger partial charge in [-0.2, -0.15) is 0 Å². The molecular weight excluding hydrogens is 294 g/mol. The summed E-state index contributed by atoms with van der Waals surface area (Å²) in [7, 11) is 1.77. The van der Waals surface area contributed by atoms with E-state index in [1.54, 1.807) is 7.05 Å². The van der Waals surface area contributed by atoms with Crippen LogP contribution in [0.1, 0.15) is 26.7 Å². The molecule has 76 valence electrons. The molecule has 1 atom stereocenters. The minimum absolute atomic E-state index is 0.584. The van der Waals surface area contributed by atoms with Gasteiger partial charge in [-0.25, -0.2) is 0 Å². The second kappa shape index (κ2) is 7.74. The smallest absolute Gasteiger partial charge is 0.0994 e. The molecule has 0 aromatic rings. The first kappa shape index (κ1) is 13.4. The first-order valence-electron chi connectivity index (χ1n) is 4.49. The fourth-order valence-electron chi connectivity index (χ4n) is 0.995. The Bertz CT molecular complexity index is 185. The van der Waals surface area contributed by atoms with Gasteiger partial charge in [-0.3, -0.25) is 4.99 Å². The molecule has 0 rings (SSSR count). The molecule has 0 fully saturated rings. The minimum atomic E-state index is 0.584. The molecule has 0 aliphatic rings. The molecule has 0 bridgehead atoms. The van der Waals surface area contributed by atoms with Crippen molar-refractivity contribution in [2.45, 2.75) is 31.5 Å². The van der Waals surface area contributed by atoms with Gasteiger partial charge in [-0.05, 0) is 40.8 Å². The molecule has 0 heterocycles. The summed E-state index contributed by atoms with van der Waals surface area (Å²) in [6.07, 6.45) is 6.40. The third-order valence-corrected chi connectivity index (χ3v) is 2.95. The number of alkyl halides is 1. The van der Waals surface area contributed by atoms with Crippen LogP contribution in [0.4, 0.5) is 0 Å². The van der Waals surface area contributed by atoms with Gasteiger partial charge in [0.15, 0.2) is 0 Å².